The molecule has 1 aromatic heterocycles. The van der Waals surface area contributed by atoms with Gasteiger partial charge in [-0.25, -0.2) is 0 Å². The summed E-state index contributed by atoms with van der Waals surface area (Å²) < 4.78 is 1.80. The molecule has 18 heavy (non-hydrogen) atoms. The fourth-order valence-corrected chi connectivity index (χ4v) is 3.25. The van der Waals surface area contributed by atoms with Gasteiger partial charge >= 0.3 is 0 Å². The first-order valence-electron chi connectivity index (χ1n) is 6.59. The van der Waals surface area contributed by atoms with E-state index in [1.54, 1.807) is 4.68 Å². The molecule has 3 rings (SSSR count). The van der Waals surface area contributed by atoms with Crippen molar-refractivity contribution in [2.45, 2.75) is 45.2 Å². The van der Waals surface area contributed by atoms with Crippen LogP contribution in [0.4, 0.5) is 0 Å². The summed E-state index contributed by atoms with van der Waals surface area (Å²) in [7, 11) is 1.89. The largest absolute Gasteiger partial charge is 0.329 e. The van der Waals surface area contributed by atoms with Gasteiger partial charge in [0.05, 0.1) is 17.3 Å². The Morgan fingerprint density at radius 3 is 2.78 bits per heavy atom. The highest BCUT2D eigenvalue weighted by Crippen LogP contribution is 2.33. The van der Waals surface area contributed by atoms with Crippen LogP contribution in [0.3, 0.4) is 0 Å². The average molecular weight is 245 g/mol. The Balaban J connectivity index is 1.98. The maximum absolute atomic E-state index is 12.8. The highest BCUT2D eigenvalue weighted by molar-refractivity contribution is 5.97. The molecule has 1 amide bonds. The zero-order valence-corrected chi connectivity index (χ0v) is 11.2. The van der Waals surface area contributed by atoms with E-state index >= 15 is 0 Å². The van der Waals surface area contributed by atoms with Crippen LogP contribution in [-0.4, -0.2) is 32.7 Å². The van der Waals surface area contributed by atoms with Crippen molar-refractivity contribution in [2.75, 3.05) is 0 Å². The number of aryl methyl sites for hydroxylation is 2. The summed E-state index contributed by atoms with van der Waals surface area (Å²) in [4.78, 5) is 14.8. The van der Waals surface area contributed by atoms with Crippen LogP contribution in [0.25, 0.3) is 0 Å². The zero-order valence-electron chi connectivity index (χ0n) is 11.2. The lowest BCUT2D eigenvalue weighted by Crippen LogP contribution is -2.42. The molecule has 2 aliphatic rings. The quantitative estimate of drug-likeness (QED) is 0.709. The third kappa shape index (κ3) is 1.51. The number of nitrogens with zero attached hydrogens (tertiary/aromatic N) is 3. The Morgan fingerprint density at radius 2 is 2.17 bits per heavy atom. The number of aromatic nitrogens is 2. The van der Waals surface area contributed by atoms with Gasteiger partial charge in [-0.1, -0.05) is 12.2 Å². The number of hydrogen-bond acceptors (Lipinski definition) is 2. The van der Waals surface area contributed by atoms with Crippen LogP contribution in [-0.2, 0) is 7.05 Å². The second-order valence-electron chi connectivity index (χ2n) is 5.34. The van der Waals surface area contributed by atoms with E-state index < -0.39 is 0 Å². The summed E-state index contributed by atoms with van der Waals surface area (Å²) in [6.07, 6.45) is 7.63. The Morgan fingerprint density at radius 1 is 1.39 bits per heavy atom. The van der Waals surface area contributed by atoms with Gasteiger partial charge in [0.25, 0.3) is 5.91 Å². The molecular formula is C14H19N3O. The number of carbonyl (C=O) groups is 1. The van der Waals surface area contributed by atoms with Crippen LogP contribution in [0.5, 0.6) is 0 Å². The molecule has 0 saturated carbocycles. The Kier molecular flexibility index (Phi) is 2.54. The van der Waals surface area contributed by atoms with Crippen LogP contribution in [0.15, 0.2) is 12.2 Å². The lowest BCUT2D eigenvalue weighted by atomic mass is 10.1. The van der Waals surface area contributed by atoms with Crippen LogP contribution < -0.4 is 0 Å². The summed E-state index contributed by atoms with van der Waals surface area (Å²) in [6.45, 7) is 3.89. The first kappa shape index (κ1) is 11.5. The Bertz CT molecular complexity index is 529. The van der Waals surface area contributed by atoms with E-state index in [4.69, 9.17) is 0 Å². The third-order valence-corrected chi connectivity index (χ3v) is 4.27. The van der Waals surface area contributed by atoms with Crippen molar-refractivity contribution in [3.05, 3.63) is 29.1 Å². The van der Waals surface area contributed by atoms with Crippen molar-refractivity contribution < 1.29 is 4.79 Å². The highest BCUT2D eigenvalue weighted by Gasteiger charge is 2.38. The molecule has 3 heterocycles. The van der Waals surface area contributed by atoms with Crippen molar-refractivity contribution in [2.24, 2.45) is 7.05 Å². The van der Waals surface area contributed by atoms with Crippen LogP contribution in [0, 0.1) is 13.8 Å². The van der Waals surface area contributed by atoms with Gasteiger partial charge in [0.2, 0.25) is 0 Å². The van der Waals surface area contributed by atoms with Crippen molar-refractivity contribution in [3.63, 3.8) is 0 Å². The number of carbonyl (C=O) groups excluding carboxylic acids is 1. The maximum Gasteiger partial charge on any atom is 0.258 e. The van der Waals surface area contributed by atoms with Gasteiger partial charge in [0.15, 0.2) is 0 Å². The molecule has 2 unspecified atom stereocenters. The summed E-state index contributed by atoms with van der Waals surface area (Å²) in [5.74, 6) is 0.162. The normalized spacial score (nSPS) is 25.8. The highest BCUT2D eigenvalue weighted by atomic mass is 16.2. The topological polar surface area (TPSA) is 38.1 Å². The SMILES string of the molecule is Cc1nn(C)c(C)c1C(=O)N1C2C=CCC1CC2. The molecule has 96 valence electrons. The number of amides is 1. The molecule has 0 radical (unpaired) electrons. The molecule has 4 nitrogen and oxygen atoms in total. The zero-order chi connectivity index (χ0) is 12.9. The third-order valence-electron chi connectivity index (χ3n) is 4.27. The van der Waals surface area contributed by atoms with E-state index in [9.17, 15) is 4.79 Å². The maximum atomic E-state index is 12.8. The van der Waals surface area contributed by atoms with Gasteiger partial charge in [-0.3, -0.25) is 9.48 Å². The molecular weight excluding hydrogens is 226 g/mol. The molecule has 1 fully saturated rings. The minimum Gasteiger partial charge on any atom is -0.329 e. The van der Waals surface area contributed by atoms with E-state index in [2.05, 4.69) is 22.2 Å². The predicted octanol–water partition coefficient (Wildman–Crippen LogP) is 1.97. The second kappa shape index (κ2) is 3.97. The van der Waals surface area contributed by atoms with Crippen LogP contribution in [0.2, 0.25) is 0 Å². The molecule has 4 heteroatoms. The second-order valence-corrected chi connectivity index (χ2v) is 5.34. The minimum absolute atomic E-state index is 0.162. The Hall–Kier alpha value is -1.58. The standard InChI is InChI=1S/C14H19N3O/c1-9-13(10(2)16(3)15-9)14(18)17-11-5-4-6-12(17)8-7-11/h4-5,11-12H,6-8H2,1-3H3. The number of rotatable bonds is 1. The van der Waals surface area contributed by atoms with E-state index in [1.807, 2.05) is 20.9 Å². The first-order chi connectivity index (χ1) is 8.59. The summed E-state index contributed by atoms with van der Waals surface area (Å²) >= 11 is 0. The first-order valence-corrected chi connectivity index (χ1v) is 6.59. The molecule has 1 aromatic rings. The summed E-state index contributed by atoms with van der Waals surface area (Å²) in [5.41, 5.74) is 2.60. The average Bonchev–Trinajstić information content (AvgIpc) is 2.73. The molecule has 0 aliphatic carbocycles. The minimum atomic E-state index is 0.162. The fourth-order valence-electron chi connectivity index (χ4n) is 3.25. The van der Waals surface area contributed by atoms with Crippen LogP contribution in [0.1, 0.15) is 41.0 Å². The van der Waals surface area contributed by atoms with Crippen LogP contribution >= 0.6 is 0 Å². The number of fused-ring (bicyclic) bond motifs is 2. The smallest absolute Gasteiger partial charge is 0.258 e. The van der Waals surface area contributed by atoms with Crippen molar-refractivity contribution in [3.8, 4) is 0 Å². The monoisotopic (exact) mass is 245 g/mol. The van der Waals surface area contributed by atoms with Crippen molar-refractivity contribution in [1.29, 1.82) is 0 Å². The van der Waals surface area contributed by atoms with Gasteiger partial charge in [-0.05, 0) is 33.1 Å². The molecule has 2 bridgehead atoms. The van der Waals surface area contributed by atoms with Gasteiger partial charge in [0, 0.05) is 18.8 Å². The fraction of sp³-hybridized carbons (Fsp3) is 0.571. The van der Waals surface area contributed by atoms with Crippen molar-refractivity contribution >= 4 is 5.91 Å². The van der Waals surface area contributed by atoms with Crippen molar-refractivity contribution in [1.82, 2.24) is 14.7 Å². The van der Waals surface area contributed by atoms with E-state index in [1.165, 1.54) is 0 Å². The predicted molar refractivity (Wildman–Crippen MR) is 69.4 cm³/mol. The van der Waals surface area contributed by atoms with E-state index in [-0.39, 0.29) is 5.91 Å². The Labute approximate surface area is 107 Å². The summed E-state index contributed by atoms with van der Waals surface area (Å²) in [5, 5.41) is 4.35. The van der Waals surface area contributed by atoms with Gasteiger partial charge in [0.1, 0.15) is 0 Å². The van der Waals surface area contributed by atoms with Gasteiger partial charge in [-0.15, -0.1) is 0 Å². The lowest BCUT2D eigenvalue weighted by Gasteiger charge is -2.31. The van der Waals surface area contributed by atoms with E-state index in [0.717, 1.165) is 36.2 Å². The lowest BCUT2D eigenvalue weighted by molar-refractivity contribution is 0.0687. The van der Waals surface area contributed by atoms with Gasteiger partial charge in [-0.2, -0.15) is 5.10 Å². The summed E-state index contributed by atoms with van der Waals surface area (Å²) in [6, 6.07) is 0.696. The molecule has 0 N–H and O–H groups in total. The molecule has 2 aliphatic heterocycles. The molecule has 0 spiro atoms. The number of hydrogen-bond donors (Lipinski definition) is 0. The molecule has 2 atom stereocenters. The molecule has 1 saturated heterocycles. The molecule has 0 aromatic carbocycles. The van der Waals surface area contributed by atoms with E-state index in [0.29, 0.717) is 12.1 Å². The van der Waals surface area contributed by atoms with Gasteiger partial charge < -0.3 is 4.90 Å².